The maximum atomic E-state index is 6.16. The van der Waals surface area contributed by atoms with Crippen molar-refractivity contribution in [3.8, 4) is 0 Å². The first kappa shape index (κ1) is 16.6. The van der Waals surface area contributed by atoms with E-state index >= 15 is 0 Å². The van der Waals surface area contributed by atoms with Crippen LogP contribution >= 0.6 is 0 Å². The molecule has 1 aliphatic heterocycles. The van der Waals surface area contributed by atoms with Crippen molar-refractivity contribution in [2.45, 2.75) is 39.4 Å². The van der Waals surface area contributed by atoms with Crippen molar-refractivity contribution in [3.63, 3.8) is 0 Å². The average molecular weight is 289 g/mol. The normalized spacial score (nSPS) is 17.2. The minimum Gasteiger partial charge on any atom is -0.374 e. The lowest BCUT2D eigenvalue weighted by Crippen LogP contribution is -2.48. The number of hydrogen-bond donors (Lipinski definition) is 1. The van der Waals surface area contributed by atoms with Crippen LogP contribution < -0.4 is 5.73 Å². The van der Waals surface area contributed by atoms with Gasteiger partial charge in [0.1, 0.15) is 0 Å². The molecule has 112 valence electrons. The fourth-order valence-electron chi connectivity index (χ4n) is 2.14. The Morgan fingerprint density at radius 2 is 1.79 bits per heavy atom. The molecule has 0 spiro atoms. The van der Waals surface area contributed by atoms with Crippen LogP contribution in [0.5, 0.6) is 0 Å². The maximum Gasteiger partial charge on any atom is 0.501 e. The van der Waals surface area contributed by atoms with Crippen LogP contribution in [0.15, 0.2) is 4.99 Å². The van der Waals surface area contributed by atoms with Crippen molar-refractivity contribution >= 4 is 15.1 Å². The molecule has 0 amide bonds. The minimum atomic E-state index is -2.56. The Hall–Kier alpha value is -0.473. The van der Waals surface area contributed by atoms with Gasteiger partial charge in [-0.2, -0.15) is 0 Å². The molecule has 1 atom stereocenters. The fourth-order valence-corrected chi connectivity index (χ4v) is 4.79. The molecule has 0 aromatic rings. The average Bonchev–Trinajstić information content (AvgIpc) is 2.91. The highest BCUT2D eigenvalue weighted by molar-refractivity contribution is 6.60. The third-order valence-corrected chi connectivity index (χ3v) is 6.07. The van der Waals surface area contributed by atoms with Crippen LogP contribution in [0.2, 0.25) is 6.04 Å². The Bertz CT molecular complexity index is 262. The van der Waals surface area contributed by atoms with E-state index in [-0.39, 0.29) is 6.17 Å². The Morgan fingerprint density at radius 3 is 2.21 bits per heavy atom. The first-order valence-electron chi connectivity index (χ1n) is 7.10. The van der Waals surface area contributed by atoms with Gasteiger partial charge < -0.3 is 23.9 Å². The number of nitrogens with zero attached hydrogens (tertiary/aromatic N) is 2. The van der Waals surface area contributed by atoms with E-state index in [0.29, 0.717) is 19.8 Å². The minimum absolute atomic E-state index is 0.0421. The van der Waals surface area contributed by atoms with Crippen LogP contribution in [0, 0.1) is 0 Å². The Labute approximate surface area is 117 Å². The fraction of sp³-hybridized carbons (Fsp3) is 0.917. The second kappa shape index (κ2) is 8.65. The van der Waals surface area contributed by atoms with Crippen LogP contribution in [0.1, 0.15) is 27.2 Å². The summed E-state index contributed by atoms with van der Waals surface area (Å²) in [6.07, 6.45) is 2.58. The molecule has 0 saturated heterocycles. The molecular formula is C12H27N3O3Si. The number of aliphatic imine (C=N–C) groups is 1. The number of hydrogen-bond acceptors (Lipinski definition) is 6. The molecule has 0 fully saturated rings. The van der Waals surface area contributed by atoms with Gasteiger partial charge in [0, 0.05) is 32.4 Å². The first-order chi connectivity index (χ1) is 9.17. The van der Waals surface area contributed by atoms with Gasteiger partial charge in [-0.25, -0.2) is 0 Å². The zero-order valence-electron chi connectivity index (χ0n) is 12.3. The zero-order chi connectivity index (χ0) is 14.1. The number of rotatable bonds is 10. The smallest absolute Gasteiger partial charge is 0.374 e. The highest BCUT2D eigenvalue weighted by Crippen LogP contribution is 2.20. The largest absolute Gasteiger partial charge is 0.501 e. The van der Waals surface area contributed by atoms with Crippen LogP contribution in [0.25, 0.3) is 0 Å². The maximum absolute atomic E-state index is 6.16. The molecule has 0 saturated carbocycles. The lowest BCUT2D eigenvalue weighted by molar-refractivity contribution is 0.0692. The second-order valence-electron chi connectivity index (χ2n) is 4.35. The third-order valence-electron chi connectivity index (χ3n) is 2.98. The van der Waals surface area contributed by atoms with Gasteiger partial charge in [0.15, 0.2) is 0 Å². The van der Waals surface area contributed by atoms with Crippen LogP contribution in [0.3, 0.4) is 0 Å². The summed E-state index contributed by atoms with van der Waals surface area (Å²) in [6.45, 7) is 9.44. The van der Waals surface area contributed by atoms with Gasteiger partial charge in [-0.15, -0.1) is 0 Å². The standard InChI is InChI=1S/C12H27N3O3Si/c1-4-16-19(17-5-2,18-6-3)10-7-12(13)15-9-8-14-11-15/h11-12H,4-10,13H2,1-3H3. The summed E-state index contributed by atoms with van der Waals surface area (Å²) in [6, 6.07) is 0.744. The predicted octanol–water partition coefficient (Wildman–Crippen LogP) is 1.05. The third kappa shape index (κ3) is 5.19. The molecule has 0 aromatic heterocycles. The Morgan fingerprint density at radius 1 is 1.21 bits per heavy atom. The van der Waals surface area contributed by atoms with Gasteiger partial charge in [-0.3, -0.25) is 4.99 Å². The molecule has 0 bridgehead atoms. The summed E-state index contributed by atoms with van der Waals surface area (Å²) in [4.78, 5) is 6.24. The summed E-state index contributed by atoms with van der Waals surface area (Å²) in [7, 11) is -2.56. The van der Waals surface area contributed by atoms with E-state index in [1.165, 1.54) is 0 Å². The molecule has 1 rings (SSSR count). The first-order valence-corrected chi connectivity index (χ1v) is 9.03. The van der Waals surface area contributed by atoms with Gasteiger partial charge >= 0.3 is 8.80 Å². The predicted molar refractivity (Wildman–Crippen MR) is 78.1 cm³/mol. The molecular weight excluding hydrogens is 262 g/mol. The van der Waals surface area contributed by atoms with Crippen molar-refractivity contribution in [1.82, 2.24) is 4.90 Å². The van der Waals surface area contributed by atoms with Crippen LogP contribution in [0.4, 0.5) is 0 Å². The number of nitrogens with two attached hydrogens (primary N) is 1. The second-order valence-corrected chi connectivity index (χ2v) is 7.08. The SMILES string of the molecule is CCO[Si](CCC(N)N1C=NCC1)(OCC)OCC. The van der Waals surface area contributed by atoms with E-state index < -0.39 is 8.80 Å². The van der Waals surface area contributed by atoms with Crippen LogP contribution in [-0.2, 0) is 13.3 Å². The van der Waals surface area contributed by atoms with Crippen molar-refractivity contribution in [2.24, 2.45) is 10.7 Å². The van der Waals surface area contributed by atoms with Crippen molar-refractivity contribution in [2.75, 3.05) is 32.9 Å². The summed E-state index contributed by atoms with van der Waals surface area (Å²) in [5, 5.41) is 0. The van der Waals surface area contributed by atoms with Gasteiger partial charge in [-0.1, -0.05) is 0 Å². The van der Waals surface area contributed by atoms with E-state index in [1.54, 1.807) is 0 Å². The summed E-state index contributed by atoms with van der Waals surface area (Å²) < 4.78 is 17.4. The summed E-state index contributed by atoms with van der Waals surface area (Å²) in [5.41, 5.74) is 6.16. The molecule has 6 nitrogen and oxygen atoms in total. The highest BCUT2D eigenvalue weighted by atomic mass is 28.4. The lowest BCUT2D eigenvalue weighted by Gasteiger charge is -2.31. The van der Waals surface area contributed by atoms with Gasteiger partial charge in [-0.05, 0) is 27.2 Å². The zero-order valence-corrected chi connectivity index (χ0v) is 13.3. The molecule has 19 heavy (non-hydrogen) atoms. The van der Waals surface area contributed by atoms with Crippen molar-refractivity contribution < 1.29 is 13.3 Å². The van der Waals surface area contributed by atoms with Gasteiger partial charge in [0.2, 0.25) is 0 Å². The molecule has 7 heteroatoms. The summed E-state index contributed by atoms with van der Waals surface area (Å²) >= 11 is 0. The van der Waals surface area contributed by atoms with E-state index in [2.05, 4.69) is 9.89 Å². The monoisotopic (exact) mass is 289 g/mol. The molecule has 0 aromatic carbocycles. The molecule has 1 heterocycles. The van der Waals surface area contributed by atoms with E-state index in [0.717, 1.165) is 25.6 Å². The van der Waals surface area contributed by atoms with Crippen LogP contribution in [-0.4, -0.2) is 59.1 Å². The molecule has 0 aliphatic carbocycles. The molecule has 1 aliphatic rings. The highest BCUT2D eigenvalue weighted by Gasteiger charge is 2.40. The van der Waals surface area contributed by atoms with Gasteiger partial charge in [0.25, 0.3) is 0 Å². The Balaban J connectivity index is 2.52. The van der Waals surface area contributed by atoms with Crippen molar-refractivity contribution in [1.29, 1.82) is 0 Å². The van der Waals surface area contributed by atoms with E-state index in [9.17, 15) is 0 Å². The molecule has 2 N–H and O–H groups in total. The quantitative estimate of drug-likeness (QED) is 0.609. The summed E-state index contributed by atoms with van der Waals surface area (Å²) in [5.74, 6) is 0. The van der Waals surface area contributed by atoms with Crippen molar-refractivity contribution in [3.05, 3.63) is 0 Å². The van der Waals surface area contributed by atoms with Gasteiger partial charge in [0.05, 0.1) is 19.0 Å². The van der Waals surface area contributed by atoms with E-state index in [1.807, 2.05) is 27.1 Å². The van der Waals surface area contributed by atoms with E-state index in [4.69, 9.17) is 19.0 Å². The Kier molecular flexibility index (Phi) is 7.55. The molecule has 1 unspecified atom stereocenters. The molecule has 0 radical (unpaired) electrons. The topological polar surface area (TPSA) is 69.3 Å². The lowest BCUT2D eigenvalue weighted by atomic mass is 10.3.